The van der Waals surface area contributed by atoms with Crippen molar-refractivity contribution in [1.82, 2.24) is 10.2 Å². The molecule has 1 N–H and O–H groups in total. The van der Waals surface area contributed by atoms with Crippen LogP contribution in [-0.4, -0.2) is 42.5 Å². The van der Waals surface area contributed by atoms with Gasteiger partial charge in [0.2, 0.25) is 5.91 Å². The van der Waals surface area contributed by atoms with Gasteiger partial charge in [0.1, 0.15) is 5.75 Å². The Bertz CT molecular complexity index is 720. The summed E-state index contributed by atoms with van der Waals surface area (Å²) in [4.78, 5) is 27.7. The van der Waals surface area contributed by atoms with Crippen LogP contribution in [0.2, 0.25) is 0 Å². The van der Waals surface area contributed by atoms with Gasteiger partial charge in [-0.25, -0.2) is 0 Å². The molecule has 1 aromatic heterocycles. The number of piperidine rings is 1. The maximum absolute atomic E-state index is 12.4. The van der Waals surface area contributed by atoms with Gasteiger partial charge in [0, 0.05) is 29.6 Å². The van der Waals surface area contributed by atoms with E-state index in [1.54, 1.807) is 23.5 Å². The fourth-order valence-electron chi connectivity index (χ4n) is 3.09. The third-order valence-electron chi connectivity index (χ3n) is 4.52. The number of carbonyl (C=O) groups is 2. The third-order valence-corrected chi connectivity index (χ3v) is 5.39. The van der Waals surface area contributed by atoms with Gasteiger partial charge in [-0.15, -0.1) is 11.3 Å². The van der Waals surface area contributed by atoms with Crippen LogP contribution in [0, 0.1) is 0 Å². The number of hydrogen-bond acceptors (Lipinski definition) is 4. The number of hydrogen-bond donors (Lipinski definition) is 1. The monoisotopic (exact) mass is 372 g/mol. The van der Waals surface area contributed by atoms with E-state index in [-0.39, 0.29) is 17.9 Å². The van der Waals surface area contributed by atoms with Gasteiger partial charge in [-0.1, -0.05) is 6.07 Å². The van der Waals surface area contributed by atoms with Crippen molar-refractivity contribution < 1.29 is 14.3 Å². The molecular weight excluding hydrogens is 348 g/mol. The predicted molar refractivity (Wildman–Crippen MR) is 103 cm³/mol. The lowest BCUT2D eigenvalue weighted by Gasteiger charge is -2.32. The zero-order chi connectivity index (χ0) is 18.4. The number of amides is 2. The van der Waals surface area contributed by atoms with Gasteiger partial charge in [0.25, 0.3) is 5.91 Å². The Morgan fingerprint density at radius 1 is 1.19 bits per heavy atom. The molecule has 2 aromatic rings. The smallest absolute Gasteiger partial charge is 0.251 e. The number of thiophene rings is 1. The molecule has 1 aromatic carbocycles. The first-order valence-corrected chi connectivity index (χ1v) is 9.87. The molecule has 138 valence electrons. The van der Waals surface area contributed by atoms with E-state index in [2.05, 4.69) is 5.32 Å². The summed E-state index contributed by atoms with van der Waals surface area (Å²) in [6.45, 7) is 3.92. The molecule has 0 bridgehead atoms. The van der Waals surface area contributed by atoms with Crippen LogP contribution in [-0.2, 0) is 11.2 Å². The first-order valence-electron chi connectivity index (χ1n) is 8.99. The van der Waals surface area contributed by atoms with Gasteiger partial charge in [-0.3, -0.25) is 9.59 Å². The molecular formula is C20H24N2O3S. The molecule has 0 unspecified atom stereocenters. The molecule has 0 spiro atoms. The molecule has 0 atom stereocenters. The number of carbonyl (C=O) groups excluding carboxylic acids is 2. The second-order valence-corrected chi connectivity index (χ2v) is 7.37. The number of rotatable bonds is 6. The molecule has 26 heavy (non-hydrogen) atoms. The van der Waals surface area contributed by atoms with Gasteiger partial charge in [-0.2, -0.15) is 0 Å². The number of nitrogens with one attached hydrogen (secondary N) is 1. The summed E-state index contributed by atoms with van der Waals surface area (Å²) in [6, 6.07) is 11.2. The Hall–Kier alpha value is -2.34. The topological polar surface area (TPSA) is 58.6 Å². The second-order valence-electron chi connectivity index (χ2n) is 6.34. The van der Waals surface area contributed by atoms with Crippen LogP contribution in [0.5, 0.6) is 5.75 Å². The fourth-order valence-corrected chi connectivity index (χ4v) is 3.78. The maximum atomic E-state index is 12.4. The minimum absolute atomic E-state index is 0.0728. The van der Waals surface area contributed by atoms with Crippen molar-refractivity contribution in [3.05, 3.63) is 52.2 Å². The first-order chi connectivity index (χ1) is 12.7. The van der Waals surface area contributed by atoms with Crippen LogP contribution in [0.1, 0.15) is 35.0 Å². The van der Waals surface area contributed by atoms with Gasteiger partial charge < -0.3 is 15.0 Å². The largest absolute Gasteiger partial charge is 0.494 e. The fraction of sp³-hybridized carbons (Fsp3) is 0.400. The van der Waals surface area contributed by atoms with Gasteiger partial charge in [-0.05, 0) is 55.5 Å². The molecule has 1 fully saturated rings. The molecule has 0 aliphatic carbocycles. The predicted octanol–water partition coefficient (Wildman–Crippen LogP) is 3.11. The zero-order valence-corrected chi connectivity index (χ0v) is 15.8. The van der Waals surface area contributed by atoms with Crippen LogP contribution in [0.25, 0.3) is 0 Å². The minimum atomic E-state index is -0.0728. The average Bonchev–Trinajstić information content (AvgIpc) is 3.16. The van der Waals surface area contributed by atoms with E-state index in [1.807, 2.05) is 41.5 Å². The third kappa shape index (κ3) is 4.85. The van der Waals surface area contributed by atoms with Crippen molar-refractivity contribution in [1.29, 1.82) is 0 Å². The summed E-state index contributed by atoms with van der Waals surface area (Å²) in [5.41, 5.74) is 0.629. The Balaban J connectivity index is 1.45. The van der Waals surface area contributed by atoms with E-state index in [9.17, 15) is 9.59 Å². The molecule has 1 aliphatic heterocycles. The molecule has 1 saturated heterocycles. The summed E-state index contributed by atoms with van der Waals surface area (Å²) in [7, 11) is 0. The van der Waals surface area contributed by atoms with E-state index in [0.717, 1.165) is 23.5 Å². The van der Waals surface area contributed by atoms with E-state index in [0.29, 0.717) is 31.7 Å². The van der Waals surface area contributed by atoms with E-state index >= 15 is 0 Å². The molecule has 2 heterocycles. The minimum Gasteiger partial charge on any atom is -0.494 e. The summed E-state index contributed by atoms with van der Waals surface area (Å²) in [6.07, 6.45) is 2.05. The SMILES string of the molecule is CCOc1ccc(C(=O)NC2CCN(C(=O)Cc3cccs3)CC2)cc1. The Kier molecular flexibility index (Phi) is 6.28. The summed E-state index contributed by atoms with van der Waals surface area (Å²) < 4.78 is 5.39. The molecule has 6 heteroatoms. The molecule has 5 nitrogen and oxygen atoms in total. The molecule has 3 rings (SSSR count). The lowest BCUT2D eigenvalue weighted by Crippen LogP contribution is -2.46. The van der Waals surface area contributed by atoms with Crippen molar-refractivity contribution in [2.45, 2.75) is 32.2 Å². The average molecular weight is 372 g/mol. The van der Waals surface area contributed by atoms with Crippen LogP contribution >= 0.6 is 11.3 Å². The van der Waals surface area contributed by atoms with Crippen molar-refractivity contribution >= 4 is 23.2 Å². The Morgan fingerprint density at radius 2 is 1.92 bits per heavy atom. The Morgan fingerprint density at radius 3 is 2.54 bits per heavy atom. The second kappa shape index (κ2) is 8.85. The number of likely N-dealkylation sites (tertiary alicyclic amines) is 1. The van der Waals surface area contributed by atoms with Crippen molar-refractivity contribution in [3.63, 3.8) is 0 Å². The highest BCUT2D eigenvalue weighted by Gasteiger charge is 2.24. The first kappa shape index (κ1) is 18.5. The van der Waals surface area contributed by atoms with E-state index in [4.69, 9.17) is 4.74 Å². The van der Waals surface area contributed by atoms with Crippen molar-refractivity contribution in [3.8, 4) is 5.75 Å². The Labute approximate surface area is 158 Å². The van der Waals surface area contributed by atoms with E-state index < -0.39 is 0 Å². The summed E-state index contributed by atoms with van der Waals surface area (Å²) in [5, 5.41) is 5.07. The lowest BCUT2D eigenvalue weighted by atomic mass is 10.0. The molecule has 0 radical (unpaired) electrons. The summed E-state index contributed by atoms with van der Waals surface area (Å²) in [5.74, 6) is 0.863. The quantitative estimate of drug-likeness (QED) is 0.848. The molecule has 0 saturated carbocycles. The van der Waals surface area contributed by atoms with Crippen LogP contribution in [0.15, 0.2) is 41.8 Å². The maximum Gasteiger partial charge on any atom is 0.251 e. The number of benzene rings is 1. The highest BCUT2D eigenvalue weighted by molar-refractivity contribution is 7.10. The van der Waals surface area contributed by atoms with Crippen LogP contribution in [0.3, 0.4) is 0 Å². The number of nitrogens with zero attached hydrogens (tertiary/aromatic N) is 1. The van der Waals surface area contributed by atoms with Crippen LogP contribution < -0.4 is 10.1 Å². The lowest BCUT2D eigenvalue weighted by molar-refractivity contribution is -0.131. The highest BCUT2D eigenvalue weighted by atomic mass is 32.1. The standard InChI is InChI=1S/C20H24N2O3S/c1-2-25-17-7-5-15(6-8-17)20(24)21-16-9-11-22(12-10-16)19(23)14-18-4-3-13-26-18/h3-8,13,16H,2,9-12,14H2,1H3,(H,21,24). The van der Waals surface area contributed by atoms with E-state index in [1.165, 1.54) is 0 Å². The van der Waals surface area contributed by atoms with Crippen molar-refractivity contribution in [2.75, 3.05) is 19.7 Å². The van der Waals surface area contributed by atoms with Gasteiger partial charge >= 0.3 is 0 Å². The van der Waals surface area contributed by atoms with Gasteiger partial charge in [0.15, 0.2) is 0 Å². The highest BCUT2D eigenvalue weighted by Crippen LogP contribution is 2.16. The molecule has 1 aliphatic rings. The van der Waals surface area contributed by atoms with Crippen LogP contribution in [0.4, 0.5) is 0 Å². The summed E-state index contributed by atoms with van der Waals surface area (Å²) >= 11 is 1.61. The zero-order valence-electron chi connectivity index (χ0n) is 14.9. The number of ether oxygens (including phenoxy) is 1. The normalized spacial score (nSPS) is 14.9. The molecule has 2 amide bonds. The van der Waals surface area contributed by atoms with Gasteiger partial charge in [0.05, 0.1) is 13.0 Å². The van der Waals surface area contributed by atoms with Crippen molar-refractivity contribution in [2.24, 2.45) is 0 Å².